The number of carbonyl (C=O) groups is 3. The van der Waals surface area contributed by atoms with Crippen molar-refractivity contribution in [1.29, 1.82) is 0 Å². The van der Waals surface area contributed by atoms with Crippen LogP contribution in [0.2, 0.25) is 0 Å². The average molecular weight is 507 g/mol. The molecule has 3 amide bonds. The molecule has 0 aromatic heterocycles. The van der Waals surface area contributed by atoms with Crippen LogP contribution in [0.15, 0.2) is 65.9 Å². The van der Waals surface area contributed by atoms with E-state index in [1.54, 1.807) is 63.2 Å². The number of rotatable bonds is 9. The van der Waals surface area contributed by atoms with Crippen LogP contribution in [0.1, 0.15) is 51.3 Å². The third kappa shape index (κ3) is 6.81. The second kappa shape index (κ2) is 12.0. The van der Waals surface area contributed by atoms with Crippen molar-refractivity contribution < 1.29 is 24.0 Å². The van der Waals surface area contributed by atoms with E-state index < -0.39 is 22.8 Å². The molecule has 1 atom stereocenters. The van der Waals surface area contributed by atoms with Crippen LogP contribution in [-0.4, -0.2) is 40.4 Å². The number of esters is 1. The second-order valence-electron chi connectivity index (χ2n) is 8.78. The van der Waals surface area contributed by atoms with E-state index >= 15 is 0 Å². The van der Waals surface area contributed by atoms with E-state index in [-0.39, 0.29) is 17.8 Å². The van der Waals surface area contributed by atoms with Gasteiger partial charge in [-0.3, -0.25) is 19.8 Å². The molecular formula is C27H30N4O6. The summed E-state index contributed by atoms with van der Waals surface area (Å²) in [7, 11) is 0. The number of allylic oxidation sites excluding steroid dienone is 1. The molecule has 2 N–H and O–H groups in total. The zero-order chi connectivity index (χ0) is 27.1. The Hall–Kier alpha value is -4.47. The number of ether oxygens (including phenoxy) is 1. The first kappa shape index (κ1) is 27.1. The number of nitrogens with one attached hydrogen (secondary N) is 2. The minimum Gasteiger partial charge on any atom is -0.459 e. The summed E-state index contributed by atoms with van der Waals surface area (Å²) >= 11 is 0. The zero-order valence-electron chi connectivity index (χ0n) is 21.2. The topological polar surface area (TPSA) is 131 Å². The molecule has 1 aliphatic rings. The van der Waals surface area contributed by atoms with E-state index in [4.69, 9.17) is 4.74 Å². The first-order valence-electron chi connectivity index (χ1n) is 11.9. The van der Waals surface area contributed by atoms with Gasteiger partial charge in [0.25, 0.3) is 5.69 Å². The highest BCUT2D eigenvalue weighted by atomic mass is 16.6. The summed E-state index contributed by atoms with van der Waals surface area (Å²) in [5.74, 6) is -0.928. The normalized spacial score (nSPS) is 15.6. The first-order chi connectivity index (χ1) is 17.6. The third-order valence-electron chi connectivity index (χ3n) is 5.62. The standard InChI is InChI=1S/C27H30N4O6/c1-5-15-30-18(4)24(26(33)37-17(2)3)25(29-27(30)34)20-7-6-8-21(16-20)28-23(32)14-11-19-9-12-22(13-10-19)31(35)36/h6-14,16-17,25H,5,15H2,1-4H3,(H,28,32)(H,29,34)/b14-11+. The molecule has 194 valence electrons. The van der Waals surface area contributed by atoms with Crippen molar-refractivity contribution in [1.82, 2.24) is 10.2 Å². The van der Waals surface area contributed by atoms with Gasteiger partial charge in [0.2, 0.25) is 5.91 Å². The van der Waals surface area contributed by atoms with Gasteiger partial charge in [0, 0.05) is 36.1 Å². The Morgan fingerprint density at radius 3 is 2.54 bits per heavy atom. The van der Waals surface area contributed by atoms with E-state index in [1.165, 1.54) is 23.1 Å². The smallest absolute Gasteiger partial charge is 0.338 e. The van der Waals surface area contributed by atoms with Gasteiger partial charge in [0.15, 0.2) is 0 Å². The first-order valence-corrected chi connectivity index (χ1v) is 11.9. The summed E-state index contributed by atoms with van der Waals surface area (Å²) in [5.41, 5.74) is 2.54. The molecule has 10 nitrogen and oxygen atoms in total. The summed E-state index contributed by atoms with van der Waals surface area (Å²) in [6, 6.07) is 11.6. The summed E-state index contributed by atoms with van der Waals surface area (Å²) in [6.45, 7) is 7.65. The molecule has 1 heterocycles. The Labute approximate surface area is 215 Å². The number of nitro groups is 1. The van der Waals surface area contributed by atoms with Crippen molar-refractivity contribution in [2.45, 2.75) is 46.3 Å². The highest BCUT2D eigenvalue weighted by Gasteiger charge is 2.36. The molecule has 0 spiro atoms. The Morgan fingerprint density at radius 1 is 1.22 bits per heavy atom. The van der Waals surface area contributed by atoms with Crippen LogP contribution >= 0.6 is 0 Å². The minimum atomic E-state index is -0.751. The Morgan fingerprint density at radius 2 is 1.92 bits per heavy atom. The Kier molecular flexibility index (Phi) is 8.78. The number of nitrogens with zero attached hydrogens (tertiary/aromatic N) is 2. The van der Waals surface area contributed by atoms with Crippen LogP contribution in [0.4, 0.5) is 16.2 Å². The van der Waals surface area contributed by atoms with Crippen LogP contribution in [0, 0.1) is 10.1 Å². The highest BCUT2D eigenvalue weighted by molar-refractivity contribution is 6.02. The van der Waals surface area contributed by atoms with Crippen LogP contribution < -0.4 is 10.6 Å². The lowest BCUT2D eigenvalue weighted by atomic mass is 9.94. The van der Waals surface area contributed by atoms with Crippen LogP contribution in [0.3, 0.4) is 0 Å². The molecule has 0 saturated heterocycles. The largest absolute Gasteiger partial charge is 0.459 e. The van der Waals surface area contributed by atoms with Gasteiger partial charge in [-0.25, -0.2) is 9.59 Å². The zero-order valence-corrected chi connectivity index (χ0v) is 21.2. The van der Waals surface area contributed by atoms with E-state index in [2.05, 4.69) is 10.6 Å². The summed E-state index contributed by atoms with van der Waals surface area (Å²) < 4.78 is 5.47. The molecule has 3 rings (SSSR count). The molecule has 37 heavy (non-hydrogen) atoms. The molecule has 0 fully saturated rings. The maximum Gasteiger partial charge on any atom is 0.338 e. The van der Waals surface area contributed by atoms with Gasteiger partial charge >= 0.3 is 12.0 Å². The number of amides is 3. The number of anilines is 1. The Balaban J connectivity index is 1.83. The van der Waals surface area contributed by atoms with Crippen molar-refractivity contribution in [2.24, 2.45) is 0 Å². The number of non-ortho nitro benzene ring substituents is 1. The molecule has 1 unspecified atom stereocenters. The van der Waals surface area contributed by atoms with Crippen molar-refractivity contribution in [2.75, 3.05) is 11.9 Å². The molecule has 0 saturated carbocycles. The second-order valence-corrected chi connectivity index (χ2v) is 8.78. The lowest BCUT2D eigenvalue weighted by Crippen LogP contribution is -2.48. The predicted octanol–water partition coefficient (Wildman–Crippen LogP) is 4.95. The maximum atomic E-state index is 13.0. The Bertz CT molecular complexity index is 1250. The van der Waals surface area contributed by atoms with Crippen molar-refractivity contribution >= 4 is 35.4 Å². The summed E-state index contributed by atoms with van der Waals surface area (Å²) in [4.78, 5) is 50.2. The van der Waals surface area contributed by atoms with Crippen LogP contribution in [0.25, 0.3) is 6.08 Å². The number of benzene rings is 2. The number of carbonyl (C=O) groups excluding carboxylic acids is 3. The summed E-state index contributed by atoms with van der Waals surface area (Å²) in [5, 5.41) is 16.4. The van der Waals surface area contributed by atoms with Gasteiger partial charge in [-0.2, -0.15) is 0 Å². The van der Waals surface area contributed by atoms with E-state index in [0.29, 0.717) is 34.6 Å². The molecule has 0 bridgehead atoms. The van der Waals surface area contributed by atoms with Gasteiger partial charge in [-0.05, 0) is 68.7 Å². The predicted molar refractivity (Wildman–Crippen MR) is 139 cm³/mol. The van der Waals surface area contributed by atoms with Gasteiger partial charge in [0.1, 0.15) is 0 Å². The number of hydrogen-bond acceptors (Lipinski definition) is 6. The number of urea groups is 1. The van der Waals surface area contributed by atoms with Crippen molar-refractivity contribution in [3.8, 4) is 0 Å². The van der Waals surface area contributed by atoms with Crippen LogP contribution in [0.5, 0.6) is 0 Å². The molecular weight excluding hydrogens is 476 g/mol. The van der Waals surface area contributed by atoms with Crippen molar-refractivity contribution in [3.63, 3.8) is 0 Å². The average Bonchev–Trinajstić information content (AvgIpc) is 2.84. The number of nitro benzene ring substituents is 1. The van der Waals surface area contributed by atoms with Crippen molar-refractivity contribution in [3.05, 3.63) is 87.1 Å². The SMILES string of the molecule is CCCN1C(=O)NC(c2cccc(NC(=O)/C=C/c3ccc([N+](=O)[O-])cc3)c2)C(C(=O)OC(C)C)=C1C. The fourth-order valence-electron chi connectivity index (χ4n) is 3.93. The van der Waals surface area contributed by atoms with Gasteiger partial charge in [-0.1, -0.05) is 19.1 Å². The fourth-order valence-corrected chi connectivity index (χ4v) is 3.93. The van der Waals surface area contributed by atoms with Crippen LogP contribution in [-0.2, 0) is 14.3 Å². The van der Waals surface area contributed by atoms with E-state index in [9.17, 15) is 24.5 Å². The van der Waals surface area contributed by atoms with E-state index in [1.807, 2.05) is 6.92 Å². The highest BCUT2D eigenvalue weighted by Crippen LogP contribution is 2.32. The lowest BCUT2D eigenvalue weighted by molar-refractivity contribution is -0.384. The van der Waals surface area contributed by atoms with E-state index in [0.717, 1.165) is 6.42 Å². The monoisotopic (exact) mass is 506 g/mol. The minimum absolute atomic E-state index is 0.0352. The molecule has 1 aliphatic heterocycles. The molecule has 10 heteroatoms. The molecule has 0 radical (unpaired) electrons. The molecule has 2 aromatic carbocycles. The quantitative estimate of drug-likeness (QED) is 0.214. The fraction of sp³-hybridized carbons (Fsp3) is 0.296. The summed E-state index contributed by atoms with van der Waals surface area (Å²) in [6.07, 6.45) is 3.24. The maximum absolute atomic E-state index is 13.0. The van der Waals surface area contributed by atoms with Gasteiger partial charge < -0.3 is 15.4 Å². The lowest BCUT2D eigenvalue weighted by Gasteiger charge is -2.35. The number of hydrogen-bond donors (Lipinski definition) is 2. The third-order valence-corrected chi connectivity index (χ3v) is 5.62. The molecule has 0 aliphatic carbocycles. The van der Waals surface area contributed by atoms with Gasteiger partial charge in [-0.15, -0.1) is 0 Å². The van der Waals surface area contributed by atoms with Gasteiger partial charge in [0.05, 0.1) is 22.6 Å². The molecule has 2 aromatic rings.